The number of allylic oxidation sites excluding steroid dienone is 3. The van der Waals surface area contributed by atoms with E-state index in [2.05, 4.69) is 125 Å². The molecule has 0 aliphatic heterocycles. The number of fused-ring (bicyclic) bond motifs is 6. The van der Waals surface area contributed by atoms with Crippen LogP contribution in [0.1, 0.15) is 12.5 Å². The Balaban J connectivity index is 1.54. The van der Waals surface area contributed by atoms with E-state index in [1.165, 1.54) is 5.39 Å². The third-order valence-corrected chi connectivity index (χ3v) is 7.32. The molecular formula is C34H26N4. The molecule has 182 valence electrons. The van der Waals surface area contributed by atoms with Crippen molar-refractivity contribution in [2.24, 2.45) is 5.73 Å². The van der Waals surface area contributed by atoms with Crippen molar-refractivity contribution in [1.29, 1.82) is 0 Å². The minimum atomic E-state index is 0.959. The number of benzene rings is 4. The maximum absolute atomic E-state index is 5.52. The highest BCUT2D eigenvalue weighted by Gasteiger charge is 2.19. The van der Waals surface area contributed by atoms with E-state index >= 15 is 0 Å². The summed E-state index contributed by atoms with van der Waals surface area (Å²) in [7, 11) is 0. The number of hydrogen-bond acceptors (Lipinski definition) is 2. The topological polar surface area (TPSA) is 48.8 Å². The largest absolute Gasteiger partial charge is 0.405 e. The Bertz CT molecular complexity index is 2020. The van der Waals surface area contributed by atoms with Crippen molar-refractivity contribution in [3.05, 3.63) is 133 Å². The molecule has 0 aliphatic rings. The van der Waals surface area contributed by atoms with Crippen molar-refractivity contribution < 1.29 is 0 Å². The molecule has 3 aromatic heterocycles. The molecular weight excluding hydrogens is 464 g/mol. The van der Waals surface area contributed by atoms with Gasteiger partial charge in [0.25, 0.3) is 0 Å². The van der Waals surface area contributed by atoms with Gasteiger partial charge in [-0.15, -0.1) is 0 Å². The van der Waals surface area contributed by atoms with Crippen molar-refractivity contribution in [1.82, 2.24) is 14.1 Å². The molecule has 4 aromatic carbocycles. The molecule has 7 aromatic rings. The number of aromatic nitrogens is 3. The van der Waals surface area contributed by atoms with E-state index in [1.807, 2.05) is 12.2 Å². The maximum atomic E-state index is 5.52. The van der Waals surface area contributed by atoms with Crippen LogP contribution in [-0.2, 0) is 0 Å². The molecule has 3 heterocycles. The predicted molar refractivity (Wildman–Crippen MR) is 160 cm³/mol. The Morgan fingerprint density at radius 1 is 0.658 bits per heavy atom. The first-order valence-electron chi connectivity index (χ1n) is 12.8. The SMILES string of the molecule is C/C(=C\C=C/N)c1ccc(-n2c3ccccc3c3cc4c(nc32)c2ccccc2n4-c2ccccc2)cc1. The molecule has 0 radical (unpaired) electrons. The Morgan fingerprint density at radius 2 is 1.29 bits per heavy atom. The molecule has 0 bridgehead atoms. The van der Waals surface area contributed by atoms with E-state index in [0.29, 0.717) is 0 Å². The summed E-state index contributed by atoms with van der Waals surface area (Å²) >= 11 is 0. The zero-order chi connectivity index (χ0) is 25.6. The van der Waals surface area contributed by atoms with Gasteiger partial charge in [-0.1, -0.05) is 72.8 Å². The molecule has 0 fully saturated rings. The van der Waals surface area contributed by atoms with Crippen molar-refractivity contribution in [2.45, 2.75) is 6.92 Å². The van der Waals surface area contributed by atoms with Crippen LogP contribution in [0.15, 0.2) is 128 Å². The van der Waals surface area contributed by atoms with Crippen LogP contribution in [0.25, 0.3) is 60.8 Å². The Kier molecular flexibility index (Phi) is 5.12. The molecule has 4 nitrogen and oxygen atoms in total. The second-order valence-corrected chi connectivity index (χ2v) is 9.55. The van der Waals surface area contributed by atoms with E-state index < -0.39 is 0 Å². The van der Waals surface area contributed by atoms with Crippen molar-refractivity contribution >= 4 is 49.4 Å². The molecule has 0 aliphatic carbocycles. The number of pyridine rings is 1. The monoisotopic (exact) mass is 490 g/mol. The second-order valence-electron chi connectivity index (χ2n) is 9.55. The number of nitrogens with zero attached hydrogens (tertiary/aromatic N) is 3. The summed E-state index contributed by atoms with van der Waals surface area (Å²) < 4.78 is 4.60. The summed E-state index contributed by atoms with van der Waals surface area (Å²) in [5.74, 6) is 0. The maximum Gasteiger partial charge on any atom is 0.146 e. The van der Waals surface area contributed by atoms with Crippen molar-refractivity contribution in [3.63, 3.8) is 0 Å². The summed E-state index contributed by atoms with van der Waals surface area (Å²) in [6.45, 7) is 2.09. The Morgan fingerprint density at radius 3 is 2.03 bits per heavy atom. The van der Waals surface area contributed by atoms with Gasteiger partial charge in [-0.2, -0.15) is 0 Å². The summed E-state index contributed by atoms with van der Waals surface area (Å²) in [6, 6.07) is 38.6. The van der Waals surface area contributed by atoms with Crippen LogP contribution in [0.2, 0.25) is 0 Å². The molecule has 0 spiro atoms. The minimum absolute atomic E-state index is 0.959. The van der Waals surface area contributed by atoms with Crippen LogP contribution in [0.4, 0.5) is 0 Å². The van der Waals surface area contributed by atoms with Crippen LogP contribution in [0, 0.1) is 0 Å². The van der Waals surface area contributed by atoms with Crippen LogP contribution < -0.4 is 5.73 Å². The lowest BCUT2D eigenvalue weighted by Gasteiger charge is -2.09. The molecule has 0 saturated carbocycles. The molecule has 0 saturated heterocycles. The first kappa shape index (κ1) is 22.1. The summed E-state index contributed by atoms with van der Waals surface area (Å²) in [5.41, 5.74) is 15.4. The quantitative estimate of drug-likeness (QED) is 0.253. The van der Waals surface area contributed by atoms with E-state index in [0.717, 1.165) is 61.0 Å². The fourth-order valence-corrected chi connectivity index (χ4v) is 5.53. The zero-order valence-electron chi connectivity index (χ0n) is 21.0. The summed E-state index contributed by atoms with van der Waals surface area (Å²) in [6.07, 6.45) is 5.44. The average Bonchev–Trinajstić information content (AvgIpc) is 3.47. The van der Waals surface area contributed by atoms with Gasteiger partial charge in [-0.3, -0.25) is 4.57 Å². The van der Waals surface area contributed by atoms with Gasteiger partial charge in [-0.25, -0.2) is 4.98 Å². The van der Waals surface area contributed by atoms with E-state index in [1.54, 1.807) is 6.20 Å². The summed E-state index contributed by atoms with van der Waals surface area (Å²) in [5, 5.41) is 3.48. The molecule has 38 heavy (non-hydrogen) atoms. The molecule has 0 amide bonds. The number of hydrogen-bond donors (Lipinski definition) is 1. The fraction of sp³-hybridized carbons (Fsp3) is 0.0294. The van der Waals surface area contributed by atoms with Gasteiger partial charge in [0, 0.05) is 27.5 Å². The van der Waals surface area contributed by atoms with Gasteiger partial charge in [0.05, 0.1) is 22.1 Å². The first-order chi connectivity index (χ1) is 18.7. The van der Waals surface area contributed by atoms with Crippen molar-refractivity contribution in [2.75, 3.05) is 0 Å². The highest BCUT2D eigenvalue weighted by atomic mass is 15.1. The third-order valence-electron chi connectivity index (χ3n) is 7.32. The van der Waals surface area contributed by atoms with Gasteiger partial charge in [0.15, 0.2) is 0 Å². The zero-order valence-corrected chi connectivity index (χ0v) is 21.0. The summed E-state index contributed by atoms with van der Waals surface area (Å²) in [4.78, 5) is 5.37. The van der Waals surface area contributed by atoms with Gasteiger partial charge in [0.2, 0.25) is 0 Å². The molecule has 2 N–H and O–H groups in total. The lowest BCUT2D eigenvalue weighted by Crippen LogP contribution is -1.97. The first-order valence-corrected chi connectivity index (χ1v) is 12.8. The van der Waals surface area contributed by atoms with Crippen LogP contribution in [0.3, 0.4) is 0 Å². The highest BCUT2D eigenvalue weighted by molar-refractivity contribution is 6.15. The molecule has 0 atom stereocenters. The highest BCUT2D eigenvalue weighted by Crippen LogP contribution is 2.37. The van der Waals surface area contributed by atoms with Crippen LogP contribution >= 0.6 is 0 Å². The Hall–Kier alpha value is -5.09. The fourth-order valence-electron chi connectivity index (χ4n) is 5.53. The van der Waals surface area contributed by atoms with E-state index in [-0.39, 0.29) is 0 Å². The van der Waals surface area contributed by atoms with Gasteiger partial charge < -0.3 is 10.3 Å². The smallest absolute Gasteiger partial charge is 0.146 e. The van der Waals surface area contributed by atoms with Crippen molar-refractivity contribution in [3.8, 4) is 11.4 Å². The number of rotatable bonds is 4. The standard InChI is InChI=1S/C34H26N4/c1-23(10-9-21-35)24-17-19-26(20-18-24)38-30-15-7-5-13-27(30)29-22-32-33(36-34(29)38)28-14-6-8-16-31(28)37(32)25-11-3-2-4-12-25/h2-22H,35H2,1H3/b21-9-,23-10+. The van der Waals surface area contributed by atoms with Gasteiger partial charge >= 0.3 is 0 Å². The minimum Gasteiger partial charge on any atom is -0.405 e. The normalized spacial score (nSPS) is 12.5. The second kappa shape index (κ2) is 8.79. The molecule has 0 unspecified atom stereocenters. The third kappa shape index (κ3) is 3.35. The Labute approximate surface area is 220 Å². The number of nitrogens with two attached hydrogens (primary N) is 1. The van der Waals surface area contributed by atoms with E-state index in [4.69, 9.17) is 10.7 Å². The molecule has 4 heteroatoms. The lowest BCUT2D eigenvalue weighted by atomic mass is 10.1. The molecule has 7 rings (SSSR count). The van der Waals surface area contributed by atoms with Crippen LogP contribution in [-0.4, -0.2) is 14.1 Å². The van der Waals surface area contributed by atoms with Gasteiger partial charge in [0.1, 0.15) is 5.65 Å². The number of para-hydroxylation sites is 3. The lowest BCUT2D eigenvalue weighted by molar-refractivity contribution is 1.14. The van der Waals surface area contributed by atoms with Gasteiger partial charge in [-0.05, 0) is 72.8 Å². The average molecular weight is 491 g/mol. The van der Waals surface area contributed by atoms with E-state index in [9.17, 15) is 0 Å². The van der Waals surface area contributed by atoms with Crippen LogP contribution in [0.5, 0.6) is 0 Å². The predicted octanol–water partition coefficient (Wildman–Crippen LogP) is 8.15.